The highest BCUT2D eigenvalue weighted by Gasteiger charge is 2.10. The minimum atomic E-state index is -0.635. The molecule has 0 aliphatic carbocycles. The third-order valence-corrected chi connectivity index (χ3v) is 4.45. The van der Waals surface area contributed by atoms with Crippen LogP contribution in [0, 0.1) is 0 Å². The van der Waals surface area contributed by atoms with Gasteiger partial charge in [0.15, 0.2) is 0 Å². The largest absolute Gasteiger partial charge is 0.366 e. The molecule has 0 atom stereocenters. The van der Waals surface area contributed by atoms with Gasteiger partial charge in [0.25, 0.3) is 5.91 Å². The van der Waals surface area contributed by atoms with E-state index in [0.29, 0.717) is 11.3 Å². The number of carbonyl (C=O) groups excluding carboxylic acids is 2. The average Bonchev–Trinajstić information content (AvgIpc) is 2.54. The van der Waals surface area contributed by atoms with Crippen molar-refractivity contribution in [3.05, 3.63) is 64.2 Å². The van der Waals surface area contributed by atoms with E-state index < -0.39 is 5.91 Å². The van der Waals surface area contributed by atoms with Crippen LogP contribution >= 0.6 is 23.4 Å². The number of amides is 2. The fourth-order valence-electron chi connectivity index (χ4n) is 1.97. The van der Waals surface area contributed by atoms with Crippen LogP contribution in [0.4, 0.5) is 5.69 Å². The lowest BCUT2D eigenvalue weighted by molar-refractivity contribution is 0.0996. The molecule has 0 aromatic heterocycles. The molecular formula is C17H17ClN2O2S. The van der Waals surface area contributed by atoms with E-state index in [1.807, 2.05) is 23.9 Å². The van der Waals surface area contributed by atoms with Crippen molar-refractivity contribution in [2.75, 3.05) is 11.1 Å². The highest BCUT2D eigenvalue weighted by Crippen LogP contribution is 2.21. The molecule has 0 bridgehead atoms. The number of carbonyl (C=O) groups is 2. The van der Waals surface area contributed by atoms with Crippen molar-refractivity contribution in [1.29, 1.82) is 0 Å². The fraction of sp³-hybridized carbons (Fsp3) is 0.176. The SMILES string of the molecule is CCSCc1ccc(C(=O)Nc2ccc(Cl)c(C(N)=O)c2)cc1. The molecule has 120 valence electrons. The maximum Gasteiger partial charge on any atom is 0.255 e. The molecule has 0 aliphatic rings. The summed E-state index contributed by atoms with van der Waals surface area (Å²) in [6.07, 6.45) is 0. The highest BCUT2D eigenvalue weighted by atomic mass is 35.5. The molecule has 0 spiro atoms. The summed E-state index contributed by atoms with van der Waals surface area (Å²) in [4.78, 5) is 23.5. The minimum Gasteiger partial charge on any atom is -0.366 e. The lowest BCUT2D eigenvalue weighted by Crippen LogP contribution is -2.15. The van der Waals surface area contributed by atoms with Gasteiger partial charge >= 0.3 is 0 Å². The van der Waals surface area contributed by atoms with E-state index in [0.717, 1.165) is 11.5 Å². The first-order valence-electron chi connectivity index (χ1n) is 7.08. The van der Waals surface area contributed by atoms with Crippen LogP contribution in [0.15, 0.2) is 42.5 Å². The Bertz CT molecular complexity index is 717. The summed E-state index contributed by atoms with van der Waals surface area (Å²) in [5.74, 6) is 1.10. The van der Waals surface area contributed by atoms with E-state index in [4.69, 9.17) is 17.3 Å². The Labute approximate surface area is 144 Å². The molecule has 3 N–H and O–H groups in total. The Morgan fingerprint density at radius 1 is 1.17 bits per heavy atom. The Balaban J connectivity index is 2.09. The maximum absolute atomic E-state index is 12.2. The first-order chi connectivity index (χ1) is 11.0. The Kier molecular flexibility index (Phi) is 6.07. The molecule has 0 fully saturated rings. The van der Waals surface area contributed by atoms with Gasteiger partial charge in [-0.05, 0) is 41.6 Å². The summed E-state index contributed by atoms with van der Waals surface area (Å²) < 4.78 is 0. The van der Waals surface area contributed by atoms with Crippen LogP contribution in [0.5, 0.6) is 0 Å². The van der Waals surface area contributed by atoms with Crippen LogP contribution in [0.2, 0.25) is 5.02 Å². The molecule has 2 aromatic carbocycles. The number of hydrogen-bond acceptors (Lipinski definition) is 3. The van der Waals surface area contributed by atoms with Gasteiger partial charge < -0.3 is 11.1 Å². The zero-order valence-electron chi connectivity index (χ0n) is 12.6. The van der Waals surface area contributed by atoms with Gasteiger partial charge in [0.2, 0.25) is 5.91 Å². The Morgan fingerprint density at radius 2 is 1.87 bits per heavy atom. The van der Waals surface area contributed by atoms with Crippen LogP contribution in [0.3, 0.4) is 0 Å². The molecule has 0 saturated heterocycles. The number of rotatable bonds is 6. The van der Waals surface area contributed by atoms with Gasteiger partial charge in [-0.2, -0.15) is 11.8 Å². The normalized spacial score (nSPS) is 10.3. The Morgan fingerprint density at radius 3 is 2.48 bits per heavy atom. The van der Waals surface area contributed by atoms with Crippen molar-refractivity contribution in [3.63, 3.8) is 0 Å². The van der Waals surface area contributed by atoms with Gasteiger partial charge in [0.1, 0.15) is 0 Å². The first kappa shape index (κ1) is 17.4. The topological polar surface area (TPSA) is 72.2 Å². The second-order valence-electron chi connectivity index (χ2n) is 4.85. The van der Waals surface area contributed by atoms with Gasteiger partial charge in [-0.3, -0.25) is 9.59 Å². The van der Waals surface area contributed by atoms with Crippen molar-refractivity contribution < 1.29 is 9.59 Å². The summed E-state index contributed by atoms with van der Waals surface area (Å²) in [5.41, 5.74) is 7.62. The van der Waals surface area contributed by atoms with Gasteiger partial charge in [-0.15, -0.1) is 0 Å². The summed E-state index contributed by atoms with van der Waals surface area (Å²) in [7, 11) is 0. The first-order valence-corrected chi connectivity index (χ1v) is 8.62. The molecule has 0 heterocycles. The highest BCUT2D eigenvalue weighted by molar-refractivity contribution is 7.98. The van der Waals surface area contributed by atoms with Crippen molar-refractivity contribution in [3.8, 4) is 0 Å². The lowest BCUT2D eigenvalue weighted by Gasteiger charge is -2.08. The second kappa shape index (κ2) is 8.04. The smallest absolute Gasteiger partial charge is 0.255 e. The van der Waals surface area contributed by atoms with Crippen LogP contribution in [-0.2, 0) is 5.75 Å². The van der Waals surface area contributed by atoms with Crippen LogP contribution in [0.1, 0.15) is 33.2 Å². The zero-order chi connectivity index (χ0) is 16.8. The Hall–Kier alpha value is -1.98. The predicted molar refractivity (Wildman–Crippen MR) is 96.2 cm³/mol. The predicted octanol–water partition coefficient (Wildman–Crippen LogP) is 3.94. The van der Waals surface area contributed by atoms with Crippen LogP contribution < -0.4 is 11.1 Å². The fourth-order valence-corrected chi connectivity index (χ4v) is 2.81. The average molecular weight is 349 g/mol. The molecule has 23 heavy (non-hydrogen) atoms. The second-order valence-corrected chi connectivity index (χ2v) is 6.53. The van der Waals surface area contributed by atoms with E-state index in [1.54, 1.807) is 18.2 Å². The number of hydrogen-bond donors (Lipinski definition) is 2. The molecular weight excluding hydrogens is 332 g/mol. The molecule has 2 rings (SSSR count). The summed E-state index contributed by atoms with van der Waals surface area (Å²) in [6.45, 7) is 2.11. The molecule has 2 amide bonds. The number of benzene rings is 2. The summed E-state index contributed by atoms with van der Waals surface area (Å²) >= 11 is 7.72. The van der Waals surface area contributed by atoms with Crippen LogP contribution in [0.25, 0.3) is 0 Å². The molecule has 0 saturated carbocycles. The van der Waals surface area contributed by atoms with Crippen molar-refractivity contribution >= 4 is 40.9 Å². The van der Waals surface area contributed by atoms with Gasteiger partial charge in [0.05, 0.1) is 10.6 Å². The van der Waals surface area contributed by atoms with Crippen LogP contribution in [-0.4, -0.2) is 17.6 Å². The molecule has 0 radical (unpaired) electrons. The molecule has 6 heteroatoms. The van der Waals surface area contributed by atoms with Gasteiger partial charge in [-0.25, -0.2) is 0 Å². The van der Waals surface area contributed by atoms with E-state index >= 15 is 0 Å². The number of thioether (sulfide) groups is 1. The molecule has 4 nitrogen and oxygen atoms in total. The minimum absolute atomic E-state index is 0.177. The van der Waals surface area contributed by atoms with E-state index in [9.17, 15) is 9.59 Å². The van der Waals surface area contributed by atoms with Crippen molar-refractivity contribution in [1.82, 2.24) is 0 Å². The number of nitrogens with two attached hydrogens (primary N) is 1. The summed E-state index contributed by atoms with van der Waals surface area (Å²) in [6, 6.07) is 12.1. The number of nitrogens with one attached hydrogen (secondary N) is 1. The molecule has 0 unspecified atom stereocenters. The third kappa shape index (κ3) is 4.74. The van der Waals surface area contributed by atoms with Gasteiger partial charge in [-0.1, -0.05) is 30.7 Å². The zero-order valence-corrected chi connectivity index (χ0v) is 14.2. The molecule has 0 aliphatic heterocycles. The van der Waals surface area contributed by atoms with Crippen molar-refractivity contribution in [2.45, 2.75) is 12.7 Å². The number of halogens is 1. The van der Waals surface area contributed by atoms with E-state index in [2.05, 4.69) is 12.2 Å². The maximum atomic E-state index is 12.2. The number of primary amides is 1. The van der Waals surface area contributed by atoms with Gasteiger partial charge in [0, 0.05) is 17.0 Å². The van der Waals surface area contributed by atoms with E-state index in [-0.39, 0.29) is 16.5 Å². The summed E-state index contributed by atoms with van der Waals surface area (Å²) in [5, 5.41) is 2.99. The third-order valence-electron chi connectivity index (χ3n) is 3.18. The number of anilines is 1. The van der Waals surface area contributed by atoms with Crippen molar-refractivity contribution in [2.24, 2.45) is 5.73 Å². The monoisotopic (exact) mass is 348 g/mol. The standard InChI is InChI=1S/C17H17ClN2O2S/c1-2-23-10-11-3-5-12(6-4-11)17(22)20-13-7-8-15(18)14(9-13)16(19)21/h3-9H,2,10H2,1H3,(H2,19,21)(H,20,22). The van der Waals surface area contributed by atoms with E-state index in [1.165, 1.54) is 17.7 Å². The quantitative estimate of drug-likeness (QED) is 0.830. The lowest BCUT2D eigenvalue weighted by atomic mass is 10.1. The molecule has 2 aromatic rings.